The van der Waals surface area contributed by atoms with E-state index in [0.29, 0.717) is 12.1 Å². The Morgan fingerprint density at radius 1 is 0.562 bits per heavy atom. The maximum Gasteiger partial charge on any atom is 0.123 e. The molecule has 0 spiro atoms. The summed E-state index contributed by atoms with van der Waals surface area (Å²) < 4.78 is 0. The summed E-state index contributed by atoms with van der Waals surface area (Å²) in [5.74, 6) is 2.09. The standard InChI is InChI=1S/C26H28N6/c1-3-21(27-13-1)25-29-15-23(31-25)19-9-5-17(6-10-19)18-7-11-20(12-8-18)24-16-30-26(32-24)22-4-2-14-28-22/h5-12,15-16,21-22,27-28H,1-4,13-14H2,(H,29,31)(H,30,32)/t21-,22-/m1/s1. The summed E-state index contributed by atoms with van der Waals surface area (Å²) in [4.78, 5) is 16.2. The van der Waals surface area contributed by atoms with Crippen LogP contribution in [0.4, 0.5) is 0 Å². The van der Waals surface area contributed by atoms with Gasteiger partial charge in [-0.25, -0.2) is 9.97 Å². The van der Waals surface area contributed by atoms with E-state index in [1.165, 1.54) is 24.0 Å². The van der Waals surface area contributed by atoms with Crippen LogP contribution in [0.1, 0.15) is 49.4 Å². The minimum atomic E-state index is 0.363. The van der Waals surface area contributed by atoms with E-state index in [4.69, 9.17) is 0 Å². The van der Waals surface area contributed by atoms with Crippen molar-refractivity contribution in [3.05, 3.63) is 72.6 Å². The number of aromatic nitrogens is 4. The lowest BCUT2D eigenvalue weighted by molar-refractivity contribution is 0.613. The molecule has 162 valence electrons. The number of H-pyrrole nitrogens is 2. The van der Waals surface area contributed by atoms with E-state index in [0.717, 1.165) is 60.1 Å². The van der Waals surface area contributed by atoms with Gasteiger partial charge >= 0.3 is 0 Å². The molecule has 0 aliphatic carbocycles. The van der Waals surface area contributed by atoms with Crippen molar-refractivity contribution in [2.24, 2.45) is 0 Å². The smallest absolute Gasteiger partial charge is 0.123 e. The van der Waals surface area contributed by atoms with Gasteiger partial charge in [-0.05, 0) is 61.0 Å². The van der Waals surface area contributed by atoms with E-state index in [9.17, 15) is 0 Å². The van der Waals surface area contributed by atoms with Crippen molar-refractivity contribution in [3.63, 3.8) is 0 Å². The average molecular weight is 425 g/mol. The molecular formula is C26H28N6. The highest BCUT2D eigenvalue weighted by molar-refractivity contribution is 5.71. The topological polar surface area (TPSA) is 81.4 Å². The summed E-state index contributed by atoms with van der Waals surface area (Å²) in [6, 6.07) is 18.1. The van der Waals surface area contributed by atoms with Gasteiger partial charge in [-0.15, -0.1) is 0 Å². The first kappa shape index (κ1) is 19.5. The summed E-state index contributed by atoms with van der Waals surface area (Å²) in [7, 11) is 0. The summed E-state index contributed by atoms with van der Waals surface area (Å²) in [6.07, 6.45) is 8.62. The van der Waals surface area contributed by atoms with Crippen LogP contribution in [-0.2, 0) is 0 Å². The first-order valence-corrected chi connectivity index (χ1v) is 11.6. The Hall–Kier alpha value is -3.22. The second-order valence-electron chi connectivity index (χ2n) is 8.82. The van der Waals surface area contributed by atoms with Crippen molar-refractivity contribution in [1.82, 2.24) is 30.6 Å². The first-order valence-electron chi connectivity index (χ1n) is 11.6. The number of aromatic amines is 2. The third-order valence-electron chi connectivity index (χ3n) is 6.70. The average Bonchev–Trinajstić information content (AvgIpc) is 3.66. The molecule has 4 aromatic rings. The van der Waals surface area contributed by atoms with E-state index in [1.807, 2.05) is 12.4 Å². The molecule has 2 saturated heterocycles. The monoisotopic (exact) mass is 424 g/mol. The minimum Gasteiger partial charge on any atom is -0.341 e. The number of nitrogens with one attached hydrogen (secondary N) is 4. The zero-order valence-electron chi connectivity index (χ0n) is 18.1. The highest BCUT2D eigenvalue weighted by Gasteiger charge is 2.20. The molecule has 4 heterocycles. The third kappa shape index (κ3) is 3.76. The zero-order chi connectivity index (χ0) is 21.3. The van der Waals surface area contributed by atoms with Gasteiger partial charge in [0.1, 0.15) is 11.6 Å². The summed E-state index contributed by atoms with van der Waals surface area (Å²) in [6.45, 7) is 2.15. The number of benzene rings is 2. The molecule has 2 aliphatic heterocycles. The molecule has 2 fully saturated rings. The number of nitrogens with zero attached hydrogens (tertiary/aromatic N) is 2. The van der Waals surface area contributed by atoms with Crippen LogP contribution in [-0.4, -0.2) is 33.0 Å². The van der Waals surface area contributed by atoms with E-state index in [1.54, 1.807) is 0 Å². The SMILES string of the molecule is c1cc(-c2cnc([C@H]3CCCN3)[nH]2)ccc1-c1ccc(-c2cnc([C@H]3CCCN3)[nH]2)cc1. The highest BCUT2D eigenvalue weighted by atomic mass is 15.0. The lowest BCUT2D eigenvalue weighted by Gasteiger charge is -2.07. The molecular weight excluding hydrogens is 396 g/mol. The molecule has 2 aromatic heterocycles. The molecule has 2 aromatic carbocycles. The zero-order valence-corrected chi connectivity index (χ0v) is 18.1. The molecule has 6 nitrogen and oxygen atoms in total. The van der Waals surface area contributed by atoms with Gasteiger partial charge in [0.2, 0.25) is 0 Å². The van der Waals surface area contributed by atoms with Crippen LogP contribution in [0, 0.1) is 0 Å². The fourth-order valence-electron chi connectivity index (χ4n) is 4.84. The largest absolute Gasteiger partial charge is 0.341 e. The molecule has 2 aliphatic rings. The first-order chi connectivity index (χ1) is 15.8. The number of hydrogen-bond donors (Lipinski definition) is 4. The Labute approximate surface area is 187 Å². The second kappa shape index (κ2) is 8.37. The Kier molecular flexibility index (Phi) is 5.09. The van der Waals surface area contributed by atoms with Crippen molar-refractivity contribution in [1.29, 1.82) is 0 Å². The van der Waals surface area contributed by atoms with Crippen LogP contribution in [0.5, 0.6) is 0 Å². The van der Waals surface area contributed by atoms with Crippen LogP contribution in [0.25, 0.3) is 33.6 Å². The second-order valence-corrected chi connectivity index (χ2v) is 8.82. The maximum absolute atomic E-state index is 4.59. The molecule has 0 radical (unpaired) electrons. The van der Waals surface area contributed by atoms with Crippen molar-refractivity contribution in [2.75, 3.05) is 13.1 Å². The Balaban J connectivity index is 1.17. The van der Waals surface area contributed by atoms with Gasteiger partial charge in [-0.1, -0.05) is 48.5 Å². The fraction of sp³-hybridized carbons (Fsp3) is 0.308. The van der Waals surface area contributed by atoms with Crippen LogP contribution < -0.4 is 10.6 Å². The third-order valence-corrected chi connectivity index (χ3v) is 6.70. The van der Waals surface area contributed by atoms with Gasteiger partial charge in [-0.3, -0.25) is 0 Å². The summed E-state index contributed by atoms with van der Waals surface area (Å²) >= 11 is 0. The predicted molar refractivity (Wildman–Crippen MR) is 127 cm³/mol. The number of rotatable bonds is 5. The van der Waals surface area contributed by atoms with Gasteiger partial charge in [-0.2, -0.15) is 0 Å². The summed E-state index contributed by atoms with van der Waals surface area (Å²) in [5.41, 5.74) is 6.88. The minimum absolute atomic E-state index is 0.363. The number of imidazole rings is 2. The Morgan fingerprint density at radius 2 is 0.969 bits per heavy atom. The normalized spacial score (nSPS) is 20.8. The fourth-order valence-corrected chi connectivity index (χ4v) is 4.84. The molecule has 4 N–H and O–H groups in total. The van der Waals surface area contributed by atoms with Crippen LogP contribution in [0.15, 0.2) is 60.9 Å². The molecule has 0 bridgehead atoms. The molecule has 0 amide bonds. The van der Waals surface area contributed by atoms with Gasteiger partial charge in [0.15, 0.2) is 0 Å². The van der Waals surface area contributed by atoms with Gasteiger partial charge in [0, 0.05) is 0 Å². The molecule has 6 rings (SSSR count). The molecule has 2 atom stereocenters. The van der Waals surface area contributed by atoms with Crippen molar-refractivity contribution in [3.8, 4) is 33.6 Å². The van der Waals surface area contributed by atoms with Crippen LogP contribution in [0.3, 0.4) is 0 Å². The predicted octanol–water partition coefficient (Wildman–Crippen LogP) is 4.98. The Morgan fingerprint density at radius 3 is 1.34 bits per heavy atom. The van der Waals surface area contributed by atoms with Crippen molar-refractivity contribution < 1.29 is 0 Å². The molecule has 0 saturated carbocycles. The number of hydrogen-bond acceptors (Lipinski definition) is 4. The quantitative estimate of drug-likeness (QED) is 0.364. The van der Waals surface area contributed by atoms with Crippen LogP contribution in [0.2, 0.25) is 0 Å². The van der Waals surface area contributed by atoms with E-state index >= 15 is 0 Å². The van der Waals surface area contributed by atoms with E-state index < -0.39 is 0 Å². The van der Waals surface area contributed by atoms with Gasteiger partial charge in [0.25, 0.3) is 0 Å². The highest BCUT2D eigenvalue weighted by Crippen LogP contribution is 2.29. The van der Waals surface area contributed by atoms with Gasteiger partial charge in [0.05, 0.1) is 35.9 Å². The van der Waals surface area contributed by atoms with Crippen LogP contribution >= 0.6 is 0 Å². The van der Waals surface area contributed by atoms with Crippen molar-refractivity contribution in [2.45, 2.75) is 37.8 Å². The molecule has 0 unspecified atom stereocenters. The maximum atomic E-state index is 4.59. The van der Waals surface area contributed by atoms with Crippen molar-refractivity contribution >= 4 is 0 Å². The Bertz CT molecular complexity index is 1080. The van der Waals surface area contributed by atoms with E-state index in [-0.39, 0.29) is 0 Å². The lowest BCUT2D eigenvalue weighted by Crippen LogP contribution is -2.14. The summed E-state index contributed by atoms with van der Waals surface area (Å²) in [5, 5.41) is 6.99. The van der Waals surface area contributed by atoms with E-state index in [2.05, 4.69) is 79.1 Å². The molecule has 6 heteroatoms. The molecule has 32 heavy (non-hydrogen) atoms. The van der Waals surface area contributed by atoms with Gasteiger partial charge < -0.3 is 20.6 Å². The lowest BCUT2D eigenvalue weighted by atomic mass is 10.0.